The molecule has 1 aliphatic heterocycles. The van der Waals surface area contributed by atoms with Crippen LogP contribution in [0.5, 0.6) is 11.5 Å². The van der Waals surface area contributed by atoms with Gasteiger partial charge in [0, 0.05) is 6.61 Å². The summed E-state index contributed by atoms with van der Waals surface area (Å²) in [7, 11) is 3.11. The lowest BCUT2D eigenvalue weighted by Crippen LogP contribution is -2.37. The van der Waals surface area contributed by atoms with Crippen LogP contribution in [0, 0.1) is 0 Å². The van der Waals surface area contributed by atoms with Gasteiger partial charge in [-0.3, -0.25) is 9.69 Å². The molecule has 0 saturated carbocycles. The molecule has 2 aromatic carbocycles. The van der Waals surface area contributed by atoms with Gasteiger partial charge in [0.05, 0.1) is 42.6 Å². The molecule has 1 saturated heterocycles. The maximum atomic E-state index is 13.7. The third-order valence-electron chi connectivity index (χ3n) is 5.37. The minimum atomic E-state index is -0.170. The van der Waals surface area contributed by atoms with Crippen LogP contribution in [-0.2, 0) is 11.2 Å². The number of thiazole rings is 1. The number of hydrogen-bond acceptors (Lipinski definition) is 6. The van der Waals surface area contributed by atoms with Crippen LogP contribution >= 0.6 is 11.3 Å². The molecule has 0 spiro atoms. The Labute approximate surface area is 180 Å². The molecule has 1 amide bonds. The van der Waals surface area contributed by atoms with Crippen molar-refractivity contribution in [3.05, 3.63) is 47.5 Å². The number of benzene rings is 2. The Hall–Kier alpha value is -2.64. The summed E-state index contributed by atoms with van der Waals surface area (Å²) in [6.07, 6.45) is 2.91. The van der Waals surface area contributed by atoms with E-state index in [0.717, 1.165) is 36.1 Å². The molecular weight excluding hydrogens is 400 g/mol. The summed E-state index contributed by atoms with van der Waals surface area (Å²) in [5.41, 5.74) is 2.60. The molecule has 1 unspecified atom stereocenters. The second kappa shape index (κ2) is 9.02. The fraction of sp³-hybridized carbons (Fsp3) is 0.391. The first kappa shape index (κ1) is 20.6. The zero-order valence-corrected chi connectivity index (χ0v) is 18.3. The summed E-state index contributed by atoms with van der Waals surface area (Å²) < 4.78 is 17.8. The molecule has 6 nitrogen and oxygen atoms in total. The van der Waals surface area contributed by atoms with Crippen LogP contribution in [0.2, 0.25) is 0 Å². The van der Waals surface area contributed by atoms with E-state index in [4.69, 9.17) is 19.2 Å². The van der Waals surface area contributed by atoms with Gasteiger partial charge in [0.1, 0.15) is 0 Å². The Bertz CT molecular complexity index is 1040. The van der Waals surface area contributed by atoms with Gasteiger partial charge in [-0.25, -0.2) is 4.98 Å². The molecule has 0 N–H and O–H groups in total. The summed E-state index contributed by atoms with van der Waals surface area (Å²) in [5.74, 6) is 0.782. The number of rotatable bonds is 7. The number of carbonyl (C=O) groups excluding carboxylic acids is 1. The van der Waals surface area contributed by atoms with Crippen molar-refractivity contribution in [2.24, 2.45) is 0 Å². The summed E-state index contributed by atoms with van der Waals surface area (Å²) in [6.45, 7) is 3.32. The molecular formula is C23H26N2O4S. The second-order valence-corrected chi connectivity index (χ2v) is 8.25. The summed E-state index contributed by atoms with van der Waals surface area (Å²) in [6, 6.07) is 11.6. The maximum absolute atomic E-state index is 13.7. The third-order valence-corrected chi connectivity index (χ3v) is 6.41. The molecule has 4 rings (SSSR count). The largest absolute Gasteiger partial charge is 0.493 e. The second-order valence-electron chi connectivity index (χ2n) is 7.24. The number of ether oxygens (including phenoxy) is 3. The first-order valence-electron chi connectivity index (χ1n) is 10.2. The van der Waals surface area contributed by atoms with Gasteiger partial charge in [0.25, 0.3) is 5.91 Å². The van der Waals surface area contributed by atoms with Crippen molar-refractivity contribution >= 4 is 32.6 Å². The number of methoxy groups -OCH3 is 2. The maximum Gasteiger partial charge on any atom is 0.264 e. The van der Waals surface area contributed by atoms with Crippen molar-refractivity contribution < 1.29 is 19.0 Å². The van der Waals surface area contributed by atoms with Gasteiger partial charge < -0.3 is 14.2 Å². The van der Waals surface area contributed by atoms with Gasteiger partial charge in [-0.15, -0.1) is 0 Å². The Balaban J connectivity index is 1.76. The highest BCUT2D eigenvalue weighted by Gasteiger charge is 2.29. The fourth-order valence-corrected chi connectivity index (χ4v) is 4.77. The SMILES string of the molecule is CCc1ccc2nc(N(CC3CCCO3)C(=O)c3cccc(OC)c3OC)sc2c1. The first-order valence-corrected chi connectivity index (χ1v) is 11.0. The van der Waals surface area contributed by atoms with Crippen LogP contribution in [-0.4, -0.2) is 44.4 Å². The van der Waals surface area contributed by atoms with Gasteiger partial charge in [0.15, 0.2) is 16.6 Å². The van der Waals surface area contributed by atoms with Gasteiger partial charge in [-0.1, -0.05) is 30.4 Å². The van der Waals surface area contributed by atoms with E-state index in [-0.39, 0.29) is 12.0 Å². The Morgan fingerprint density at radius 2 is 2.13 bits per heavy atom. The van der Waals surface area contributed by atoms with Crippen molar-refractivity contribution in [1.82, 2.24) is 4.98 Å². The topological polar surface area (TPSA) is 60.9 Å². The quantitative estimate of drug-likeness (QED) is 0.548. The molecule has 2 heterocycles. The van der Waals surface area contributed by atoms with Crippen LogP contribution in [0.25, 0.3) is 10.2 Å². The molecule has 0 bridgehead atoms. The number of anilines is 1. The molecule has 7 heteroatoms. The van der Waals surface area contributed by atoms with E-state index >= 15 is 0 Å². The highest BCUT2D eigenvalue weighted by atomic mass is 32.1. The van der Waals surface area contributed by atoms with E-state index in [9.17, 15) is 4.79 Å². The number of aryl methyl sites for hydroxylation is 1. The number of hydrogen-bond donors (Lipinski definition) is 0. The van der Waals surface area contributed by atoms with Gasteiger partial charge in [-0.2, -0.15) is 0 Å². The lowest BCUT2D eigenvalue weighted by Gasteiger charge is -2.24. The van der Waals surface area contributed by atoms with Crippen LogP contribution in [0.3, 0.4) is 0 Å². The Morgan fingerprint density at radius 1 is 1.27 bits per heavy atom. The van der Waals surface area contributed by atoms with Crippen molar-refractivity contribution in [2.45, 2.75) is 32.3 Å². The van der Waals surface area contributed by atoms with E-state index in [0.29, 0.717) is 28.7 Å². The fourth-order valence-electron chi connectivity index (χ4n) is 3.73. The monoisotopic (exact) mass is 426 g/mol. The zero-order valence-electron chi connectivity index (χ0n) is 17.5. The molecule has 0 aliphatic carbocycles. The predicted octanol–water partition coefficient (Wildman–Crippen LogP) is 4.70. The Morgan fingerprint density at radius 3 is 2.83 bits per heavy atom. The molecule has 158 valence electrons. The molecule has 30 heavy (non-hydrogen) atoms. The number of aromatic nitrogens is 1. The van der Waals surface area contributed by atoms with Crippen LogP contribution in [0.1, 0.15) is 35.7 Å². The van der Waals surface area contributed by atoms with Gasteiger partial charge >= 0.3 is 0 Å². The lowest BCUT2D eigenvalue weighted by molar-refractivity contribution is 0.0914. The lowest BCUT2D eigenvalue weighted by atomic mass is 10.1. The molecule has 1 fully saturated rings. The van der Waals surface area contributed by atoms with E-state index in [1.54, 1.807) is 37.3 Å². The predicted molar refractivity (Wildman–Crippen MR) is 119 cm³/mol. The molecule has 0 radical (unpaired) electrons. The summed E-state index contributed by atoms with van der Waals surface area (Å²) >= 11 is 1.53. The number of amides is 1. The molecule has 1 atom stereocenters. The number of carbonyl (C=O) groups is 1. The van der Waals surface area contributed by atoms with E-state index < -0.39 is 0 Å². The van der Waals surface area contributed by atoms with E-state index in [1.165, 1.54) is 16.9 Å². The third kappa shape index (κ3) is 4.00. The van der Waals surface area contributed by atoms with E-state index in [1.807, 2.05) is 6.07 Å². The molecule has 1 aliphatic rings. The Kier molecular flexibility index (Phi) is 6.20. The molecule has 3 aromatic rings. The zero-order chi connectivity index (χ0) is 21.1. The van der Waals surface area contributed by atoms with Gasteiger partial charge in [-0.05, 0) is 49.1 Å². The van der Waals surface area contributed by atoms with Crippen molar-refractivity contribution in [1.29, 1.82) is 0 Å². The number of nitrogens with zero attached hydrogens (tertiary/aromatic N) is 2. The van der Waals surface area contributed by atoms with Crippen molar-refractivity contribution in [3.63, 3.8) is 0 Å². The van der Waals surface area contributed by atoms with Gasteiger partial charge in [0.2, 0.25) is 0 Å². The first-order chi connectivity index (χ1) is 14.6. The summed E-state index contributed by atoms with van der Waals surface area (Å²) in [4.78, 5) is 20.2. The average molecular weight is 427 g/mol. The highest BCUT2D eigenvalue weighted by molar-refractivity contribution is 7.22. The average Bonchev–Trinajstić information content (AvgIpc) is 3.45. The smallest absolute Gasteiger partial charge is 0.264 e. The molecule has 1 aromatic heterocycles. The highest BCUT2D eigenvalue weighted by Crippen LogP contribution is 2.35. The van der Waals surface area contributed by atoms with Crippen LogP contribution in [0.4, 0.5) is 5.13 Å². The van der Waals surface area contributed by atoms with Crippen molar-refractivity contribution in [2.75, 3.05) is 32.3 Å². The number of para-hydroxylation sites is 1. The standard InChI is InChI=1S/C23H26N2O4S/c1-4-15-10-11-18-20(13-15)30-23(24-18)25(14-16-7-6-12-29-16)22(26)17-8-5-9-19(27-2)21(17)28-3/h5,8-11,13,16H,4,6-7,12,14H2,1-3H3. The summed E-state index contributed by atoms with van der Waals surface area (Å²) in [5, 5.41) is 0.670. The van der Waals surface area contributed by atoms with Crippen LogP contribution in [0.15, 0.2) is 36.4 Å². The number of fused-ring (bicyclic) bond motifs is 1. The normalized spacial score (nSPS) is 16.0. The van der Waals surface area contributed by atoms with Crippen molar-refractivity contribution in [3.8, 4) is 11.5 Å². The van der Waals surface area contributed by atoms with E-state index in [2.05, 4.69) is 19.1 Å². The minimum absolute atomic E-state index is 0.00349. The minimum Gasteiger partial charge on any atom is -0.493 e. The van der Waals surface area contributed by atoms with Crippen LogP contribution < -0.4 is 14.4 Å².